The number of hydrogen-bond donors (Lipinski definition) is 0. The normalized spacial score (nSPS) is 22.8. The van der Waals surface area contributed by atoms with E-state index < -0.39 is 7.45 Å². The molecule has 0 spiro atoms. The Kier molecular flexibility index (Phi) is 4.14. The number of fused-ring (bicyclic) bond motifs is 1. The Balaban J connectivity index is 2.53. The lowest BCUT2D eigenvalue weighted by Crippen LogP contribution is -2.21. The third kappa shape index (κ3) is 2.13. The van der Waals surface area contributed by atoms with Crippen LogP contribution in [0.5, 0.6) is 0 Å². The molecule has 1 aliphatic carbocycles. The van der Waals surface area contributed by atoms with Crippen LogP contribution in [0.2, 0.25) is 0 Å². The number of hydrogen-bond acceptors (Lipinski definition) is 2. The molecule has 1 aromatic heterocycles. The first-order chi connectivity index (χ1) is 7.56. The molecule has 88 valence electrons. The number of nitrogens with zero attached hydrogens (tertiary/aromatic N) is 2. The lowest BCUT2D eigenvalue weighted by Gasteiger charge is -2.20. The fourth-order valence-electron chi connectivity index (χ4n) is 2.03. The van der Waals surface area contributed by atoms with Crippen molar-refractivity contribution in [3.05, 3.63) is 17.0 Å². The molecule has 1 aromatic rings. The van der Waals surface area contributed by atoms with Gasteiger partial charge in [0.25, 0.3) is 0 Å². The van der Waals surface area contributed by atoms with Crippen LogP contribution in [0.15, 0.2) is 0 Å². The van der Waals surface area contributed by atoms with Crippen molar-refractivity contribution in [1.82, 2.24) is 9.55 Å². The van der Waals surface area contributed by atoms with E-state index in [9.17, 15) is 4.79 Å². The summed E-state index contributed by atoms with van der Waals surface area (Å²) < 4.78 is 1.97. The molecule has 0 aliphatic heterocycles. The predicted molar refractivity (Wildman–Crippen MR) is 78.8 cm³/mol. The molecule has 5 atom stereocenters. The van der Waals surface area contributed by atoms with Gasteiger partial charge in [-0.05, 0) is 27.7 Å². The van der Waals surface area contributed by atoms with Gasteiger partial charge < -0.3 is 0 Å². The number of carbonyl (C=O) groups excluding carboxylic acids is 1. The highest BCUT2D eigenvalue weighted by Gasteiger charge is 2.31. The Bertz CT molecular complexity index is 431. The minimum absolute atomic E-state index is 0.156. The Labute approximate surface area is 103 Å². The lowest BCUT2D eigenvalue weighted by atomic mass is 9.87. The van der Waals surface area contributed by atoms with Crippen molar-refractivity contribution in [1.29, 1.82) is 0 Å². The summed E-state index contributed by atoms with van der Waals surface area (Å²) in [5.74, 6) is 0.434. The average Bonchev–Trinajstić information content (AvgIpc) is 2.61. The highest BCUT2D eigenvalue weighted by molar-refractivity contribution is 8.60. The second-order valence-corrected chi connectivity index (χ2v) is 12.9. The predicted octanol–water partition coefficient (Wildman–Crippen LogP) is 3.38. The molecule has 0 bridgehead atoms. The Morgan fingerprint density at radius 2 is 2.31 bits per heavy atom. The molecule has 0 fully saturated rings. The molecule has 3 nitrogen and oxygen atoms in total. The molecule has 0 saturated heterocycles. The summed E-state index contributed by atoms with van der Waals surface area (Å²) >= 11 is 0. The highest BCUT2D eigenvalue weighted by Crippen LogP contribution is 2.67. The fourth-order valence-corrected chi connectivity index (χ4v) is 5.05. The zero-order valence-electron chi connectivity index (χ0n) is 9.40. The van der Waals surface area contributed by atoms with Crippen LogP contribution in [0.1, 0.15) is 35.1 Å². The van der Waals surface area contributed by atoms with Gasteiger partial charge in [0.1, 0.15) is 5.69 Å². The van der Waals surface area contributed by atoms with Gasteiger partial charge in [0.2, 0.25) is 0 Å². The molecule has 0 amide bonds. The van der Waals surface area contributed by atoms with Crippen LogP contribution >= 0.6 is 33.3 Å². The summed E-state index contributed by atoms with van der Waals surface area (Å²) in [5, 5.41) is 4.55. The summed E-state index contributed by atoms with van der Waals surface area (Å²) in [6.07, 6.45) is 1.97. The lowest BCUT2D eigenvalue weighted by molar-refractivity contribution is 0.0907. The summed E-state index contributed by atoms with van der Waals surface area (Å²) in [5.41, 5.74) is 3.10. The van der Waals surface area contributed by atoms with E-state index in [4.69, 9.17) is 0 Å². The van der Waals surface area contributed by atoms with Crippen LogP contribution in [0.25, 0.3) is 0 Å². The van der Waals surface area contributed by atoms with E-state index in [-0.39, 0.29) is 11.7 Å². The van der Waals surface area contributed by atoms with E-state index in [0.717, 1.165) is 32.2 Å². The quantitative estimate of drug-likeness (QED) is 0.783. The van der Waals surface area contributed by atoms with Crippen molar-refractivity contribution >= 4 is 39.0 Å². The van der Waals surface area contributed by atoms with Crippen molar-refractivity contribution in [2.45, 2.75) is 26.7 Å². The van der Waals surface area contributed by atoms with Gasteiger partial charge in [-0.25, -0.2) is 4.45 Å². The third-order valence-corrected chi connectivity index (χ3v) is 12.4. The number of Topliss-reactive ketones (excluding diaryl/α,β-unsaturated/α-hetero) is 1. The molecule has 0 radical (unpaired) electrons. The maximum atomic E-state index is 12.2. The number of carbonyl (C=O) groups is 1. The van der Waals surface area contributed by atoms with Gasteiger partial charge in [0, 0.05) is 11.5 Å². The second kappa shape index (κ2) is 5.07. The standard InChI is InChI=1S/C9H16N2OP4/c1-5-3-4-7-6(2)10-11(16(14)15-13)8(7)9(5)12/h5,15H,3-4,13-14H2,1-2H3. The van der Waals surface area contributed by atoms with Crippen molar-refractivity contribution in [2.75, 3.05) is 0 Å². The van der Waals surface area contributed by atoms with Crippen LogP contribution in [-0.4, -0.2) is 15.3 Å². The Morgan fingerprint density at radius 3 is 2.94 bits per heavy atom. The fraction of sp³-hybridized carbons (Fsp3) is 0.556. The van der Waals surface area contributed by atoms with E-state index in [1.54, 1.807) is 0 Å². The first kappa shape index (κ1) is 13.0. The van der Waals surface area contributed by atoms with Crippen LogP contribution in [0.4, 0.5) is 0 Å². The third-order valence-electron chi connectivity index (χ3n) is 3.01. The summed E-state index contributed by atoms with van der Waals surface area (Å²) in [7, 11) is 5.87. The van der Waals surface area contributed by atoms with E-state index >= 15 is 0 Å². The minimum atomic E-state index is -0.421. The van der Waals surface area contributed by atoms with Crippen LogP contribution in [0, 0.1) is 12.8 Å². The second-order valence-electron chi connectivity index (χ2n) is 4.08. The SMILES string of the molecule is Cc1nn(P(P)PP)c2c1CCC(C)C2=O. The van der Waals surface area contributed by atoms with Crippen LogP contribution < -0.4 is 0 Å². The number of ketones is 1. The number of rotatable bonds is 2. The van der Waals surface area contributed by atoms with Crippen molar-refractivity contribution in [2.24, 2.45) is 5.92 Å². The molecular weight excluding hydrogens is 276 g/mol. The summed E-state index contributed by atoms with van der Waals surface area (Å²) in [6.45, 7) is 4.03. The largest absolute Gasteiger partial charge is 0.292 e. The van der Waals surface area contributed by atoms with Gasteiger partial charge >= 0.3 is 0 Å². The Hall–Kier alpha value is 0.600. The van der Waals surface area contributed by atoms with Crippen LogP contribution in [0.3, 0.4) is 0 Å². The minimum Gasteiger partial charge on any atom is -0.292 e. The van der Waals surface area contributed by atoms with Gasteiger partial charge in [-0.1, -0.05) is 15.9 Å². The van der Waals surface area contributed by atoms with Gasteiger partial charge in [-0.15, -0.1) is 8.93 Å². The van der Waals surface area contributed by atoms with E-state index in [0.29, 0.717) is 0 Å². The van der Waals surface area contributed by atoms with Gasteiger partial charge in [-0.3, -0.25) is 4.79 Å². The molecule has 16 heavy (non-hydrogen) atoms. The van der Waals surface area contributed by atoms with Crippen molar-refractivity contribution in [3.8, 4) is 0 Å². The van der Waals surface area contributed by atoms with Crippen molar-refractivity contribution in [3.63, 3.8) is 0 Å². The molecule has 0 aromatic carbocycles. The molecule has 2 rings (SSSR count). The van der Waals surface area contributed by atoms with E-state index in [1.807, 2.05) is 18.3 Å². The van der Waals surface area contributed by atoms with Gasteiger partial charge in [0.15, 0.2) is 5.78 Å². The zero-order valence-corrected chi connectivity index (χ0v) is 13.6. The monoisotopic (exact) mass is 292 g/mol. The number of aromatic nitrogens is 2. The maximum absolute atomic E-state index is 12.2. The molecule has 0 N–H and O–H groups in total. The summed E-state index contributed by atoms with van der Waals surface area (Å²) in [6, 6.07) is 0. The molecular formula is C9H16N2OP4. The molecule has 1 heterocycles. The first-order valence-electron chi connectivity index (χ1n) is 5.20. The van der Waals surface area contributed by atoms with Gasteiger partial charge in [-0.2, -0.15) is 5.10 Å². The zero-order chi connectivity index (χ0) is 11.9. The summed E-state index contributed by atoms with van der Waals surface area (Å²) in [4.78, 5) is 12.2. The maximum Gasteiger partial charge on any atom is 0.184 e. The first-order valence-corrected chi connectivity index (χ1v) is 11.8. The van der Waals surface area contributed by atoms with Crippen LogP contribution in [-0.2, 0) is 6.42 Å². The smallest absolute Gasteiger partial charge is 0.184 e. The average molecular weight is 292 g/mol. The molecule has 5 unspecified atom stereocenters. The molecule has 1 aliphatic rings. The van der Waals surface area contributed by atoms with E-state index in [1.165, 1.54) is 5.56 Å². The molecule has 7 heteroatoms. The van der Waals surface area contributed by atoms with E-state index in [2.05, 4.69) is 23.0 Å². The number of aryl methyl sites for hydroxylation is 1. The van der Waals surface area contributed by atoms with Crippen molar-refractivity contribution < 1.29 is 4.79 Å². The van der Waals surface area contributed by atoms with Gasteiger partial charge in [0.05, 0.1) is 13.1 Å². The molecule has 0 saturated carbocycles. The highest BCUT2D eigenvalue weighted by atomic mass is 32.6. The Morgan fingerprint density at radius 1 is 1.62 bits per heavy atom. The topological polar surface area (TPSA) is 34.9 Å².